The molecule has 84 valence electrons. The van der Waals surface area contributed by atoms with Gasteiger partial charge in [0.25, 0.3) is 0 Å². The molecule has 1 fully saturated rings. The Labute approximate surface area is 90.6 Å². The van der Waals surface area contributed by atoms with Crippen molar-refractivity contribution in [2.45, 2.75) is 45.4 Å². The summed E-state index contributed by atoms with van der Waals surface area (Å²) < 4.78 is 7.74. The topological polar surface area (TPSA) is 39.1 Å². The van der Waals surface area contributed by atoms with Gasteiger partial charge in [0.15, 0.2) is 0 Å². The number of hydrogen-bond acceptors (Lipinski definition) is 3. The Balaban J connectivity index is 1.97. The van der Waals surface area contributed by atoms with E-state index in [9.17, 15) is 0 Å². The van der Waals surface area contributed by atoms with Gasteiger partial charge in [-0.25, -0.2) is 4.98 Å². The molecule has 1 aliphatic heterocycles. The average Bonchev–Trinajstić information content (AvgIpc) is 2.78. The summed E-state index contributed by atoms with van der Waals surface area (Å²) in [6.45, 7) is 6.05. The number of imidazole rings is 1. The summed E-state index contributed by atoms with van der Waals surface area (Å²) in [5.41, 5.74) is 0. The minimum atomic E-state index is 0.368. The van der Waals surface area contributed by atoms with E-state index in [1.54, 1.807) is 0 Å². The van der Waals surface area contributed by atoms with Gasteiger partial charge in [-0.15, -0.1) is 0 Å². The molecule has 1 unspecified atom stereocenters. The Kier molecular flexibility index (Phi) is 3.26. The molecule has 0 bridgehead atoms. The van der Waals surface area contributed by atoms with Gasteiger partial charge in [0.05, 0.1) is 12.6 Å². The van der Waals surface area contributed by atoms with Gasteiger partial charge >= 0.3 is 0 Å². The van der Waals surface area contributed by atoms with Crippen molar-refractivity contribution in [3.05, 3.63) is 12.4 Å². The first-order valence-corrected chi connectivity index (χ1v) is 5.65. The maximum Gasteiger partial charge on any atom is 0.203 e. The highest BCUT2D eigenvalue weighted by Gasteiger charge is 2.17. The summed E-state index contributed by atoms with van der Waals surface area (Å²) in [5.74, 6) is 0.945. The number of hydrogen-bond donors (Lipinski definition) is 1. The van der Waals surface area contributed by atoms with Crippen LogP contribution in [0.3, 0.4) is 0 Å². The molecule has 15 heavy (non-hydrogen) atoms. The van der Waals surface area contributed by atoms with Crippen molar-refractivity contribution in [3.8, 4) is 0 Å². The van der Waals surface area contributed by atoms with Crippen LogP contribution in [0, 0.1) is 0 Å². The van der Waals surface area contributed by atoms with Gasteiger partial charge in [0.2, 0.25) is 5.95 Å². The first kappa shape index (κ1) is 10.5. The maximum atomic E-state index is 5.61. The lowest BCUT2D eigenvalue weighted by atomic mass is 10.2. The Morgan fingerprint density at radius 3 is 3.20 bits per heavy atom. The van der Waals surface area contributed by atoms with Gasteiger partial charge in [-0.1, -0.05) is 0 Å². The third kappa shape index (κ3) is 2.72. The van der Waals surface area contributed by atoms with Crippen molar-refractivity contribution >= 4 is 5.95 Å². The lowest BCUT2D eigenvalue weighted by Crippen LogP contribution is -2.19. The fraction of sp³-hybridized carbons (Fsp3) is 0.727. The Morgan fingerprint density at radius 2 is 2.53 bits per heavy atom. The summed E-state index contributed by atoms with van der Waals surface area (Å²) >= 11 is 0. The number of anilines is 1. The van der Waals surface area contributed by atoms with E-state index in [4.69, 9.17) is 4.74 Å². The maximum absolute atomic E-state index is 5.61. The van der Waals surface area contributed by atoms with E-state index >= 15 is 0 Å². The number of nitrogens with zero attached hydrogens (tertiary/aromatic N) is 2. The van der Waals surface area contributed by atoms with Crippen LogP contribution in [0.15, 0.2) is 12.4 Å². The van der Waals surface area contributed by atoms with E-state index < -0.39 is 0 Å². The van der Waals surface area contributed by atoms with Crippen LogP contribution in [0.2, 0.25) is 0 Å². The number of ether oxygens (including phenoxy) is 1. The Hall–Kier alpha value is -1.03. The lowest BCUT2D eigenvalue weighted by molar-refractivity contribution is 0.0974. The van der Waals surface area contributed by atoms with Gasteiger partial charge in [0.1, 0.15) is 0 Å². The predicted octanol–water partition coefficient (Wildman–Crippen LogP) is 1.88. The zero-order valence-corrected chi connectivity index (χ0v) is 9.44. The largest absolute Gasteiger partial charge is 0.376 e. The molecule has 1 N–H and O–H groups in total. The molecule has 1 aromatic heterocycles. The molecular formula is C11H19N3O. The molecule has 0 aliphatic carbocycles. The SMILES string of the molecule is CC(C)Nc1nccn1CC1CCCO1. The quantitative estimate of drug-likeness (QED) is 0.823. The van der Waals surface area contributed by atoms with E-state index in [1.807, 2.05) is 12.4 Å². The molecule has 2 heterocycles. The lowest BCUT2D eigenvalue weighted by Gasteiger charge is -2.15. The number of aromatic nitrogens is 2. The van der Waals surface area contributed by atoms with Crippen molar-refractivity contribution in [1.29, 1.82) is 0 Å². The summed E-state index contributed by atoms with van der Waals surface area (Å²) in [6, 6.07) is 0.413. The molecule has 0 spiro atoms. The molecule has 1 saturated heterocycles. The molecular weight excluding hydrogens is 190 g/mol. The zero-order chi connectivity index (χ0) is 10.7. The minimum absolute atomic E-state index is 0.368. The van der Waals surface area contributed by atoms with Crippen LogP contribution in [-0.4, -0.2) is 28.3 Å². The van der Waals surface area contributed by atoms with Crippen molar-refractivity contribution < 1.29 is 4.74 Å². The summed E-state index contributed by atoms with van der Waals surface area (Å²) in [4.78, 5) is 4.29. The van der Waals surface area contributed by atoms with Gasteiger partial charge < -0.3 is 14.6 Å². The fourth-order valence-electron chi connectivity index (χ4n) is 1.86. The second kappa shape index (κ2) is 4.66. The fourth-order valence-corrected chi connectivity index (χ4v) is 1.86. The third-order valence-corrected chi connectivity index (χ3v) is 2.56. The summed E-state index contributed by atoms with van der Waals surface area (Å²) in [5, 5.41) is 3.32. The highest BCUT2D eigenvalue weighted by molar-refractivity contribution is 5.26. The van der Waals surface area contributed by atoms with Crippen molar-refractivity contribution in [3.63, 3.8) is 0 Å². The van der Waals surface area contributed by atoms with Crippen LogP contribution in [-0.2, 0) is 11.3 Å². The summed E-state index contributed by atoms with van der Waals surface area (Å²) in [6.07, 6.45) is 6.56. The standard InChI is InChI=1S/C11H19N3O/c1-9(2)13-11-12-5-6-14(11)8-10-4-3-7-15-10/h5-6,9-10H,3-4,7-8H2,1-2H3,(H,12,13). The normalized spacial score (nSPS) is 21.1. The molecule has 0 aromatic carbocycles. The van der Waals surface area contributed by atoms with Crippen LogP contribution in [0.1, 0.15) is 26.7 Å². The van der Waals surface area contributed by atoms with Crippen LogP contribution in [0.5, 0.6) is 0 Å². The molecule has 4 nitrogen and oxygen atoms in total. The van der Waals surface area contributed by atoms with Crippen LogP contribution in [0.4, 0.5) is 5.95 Å². The molecule has 1 aromatic rings. The minimum Gasteiger partial charge on any atom is -0.376 e. The predicted molar refractivity (Wildman–Crippen MR) is 60.0 cm³/mol. The van der Waals surface area contributed by atoms with E-state index in [2.05, 4.69) is 28.7 Å². The van der Waals surface area contributed by atoms with Gasteiger partial charge in [-0.05, 0) is 26.7 Å². The average molecular weight is 209 g/mol. The van der Waals surface area contributed by atoms with Crippen LogP contribution >= 0.6 is 0 Å². The van der Waals surface area contributed by atoms with Gasteiger partial charge in [-0.3, -0.25) is 0 Å². The van der Waals surface area contributed by atoms with E-state index in [-0.39, 0.29) is 0 Å². The highest BCUT2D eigenvalue weighted by Crippen LogP contribution is 2.16. The Morgan fingerprint density at radius 1 is 1.67 bits per heavy atom. The first-order valence-electron chi connectivity index (χ1n) is 5.65. The monoisotopic (exact) mass is 209 g/mol. The Bertz CT molecular complexity index is 303. The number of nitrogens with one attached hydrogen (secondary N) is 1. The third-order valence-electron chi connectivity index (χ3n) is 2.56. The second-order valence-electron chi connectivity index (χ2n) is 4.34. The summed E-state index contributed by atoms with van der Waals surface area (Å²) in [7, 11) is 0. The van der Waals surface area contributed by atoms with Crippen LogP contribution in [0.25, 0.3) is 0 Å². The molecule has 0 saturated carbocycles. The second-order valence-corrected chi connectivity index (χ2v) is 4.34. The zero-order valence-electron chi connectivity index (χ0n) is 9.44. The van der Waals surface area contributed by atoms with Crippen molar-refractivity contribution in [2.24, 2.45) is 0 Å². The van der Waals surface area contributed by atoms with E-state index in [0.717, 1.165) is 19.1 Å². The van der Waals surface area contributed by atoms with Gasteiger partial charge in [0, 0.05) is 25.0 Å². The molecule has 1 aliphatic rings. The van der Waals surface area contributed by atoms with Gasteiger partial charge in [-0.2, -0.15) is 0 Å². The first-order chi connectivity index (χ1) is 7.25. The van der Waals surface area contributed by atoms with Crippen LogP contribution < -0.4 is 5.32 Å². The number of rotatable bonds is 4. The van der Waals surface area contributed by atoms with E-state index in [1.165, 1.54) is 12.8 Å². The van der Waals surface area contributed by atoms with E-state index in [0.29, 0.717) is 12.1 Å². The van der Waals surface area contributed by atoms with Crippen molar-refractivity contribution in [2.75, 3.05) is 11.9 Å². The molecule has 0 radical (unpaired) electrons. The molecule has 1 atom stereocenters. The highest BCUT2D eigenvalue weighted by atomic mass is 16.5. The molecule has 0 amide bonds. The van der Waals surface area contributed by atoms with Crippen molar-refractivity contribution in [1.82, 2.24) is 9.55 Å². The smallest absolute Gasteiger partial charge is 0.203 e. The molecule has 4 heteroatoms. The molecule has 2 rings (SSSR count).